The van der Waals surface area contributed by atoms with Crippen LogP contribution in [0.25, 0.3) is 0 Å². The van der Waals surface area contributed by atoms with E-state index in [1.54, 1.807) is 26.8 Å². The number of esters is 1. The highest BCUT2D eigenvalue weighted by molar-refractivity contribution is 5.82. The van der Waals surface area contributed by atoms with Crippen molar-refractivity contribution in [3.63, 3.8) is 0 Å². The maximum Gasteiger partial charge on any atom is 0.330 e. The average molecular weight is 358 g/mol. The molecule has 4 atom stereocenters. The highest BCUT2D eigenvalue weighted by Crippen LogP contribution is 2.34. The Labute approximate surface area is 147 Å². The first-order chi connectivity index (χ1) is 11.9. The Bertz CT molecular complexity index is 513. The fourth-order valence-electron chi connectivity index (χ4n) is 2.61. The fourth-order valence-corrected chi connectivity index (χ4v) is 2.61. The third-order valence-electron chi connectivity index (χ3n) is 3.73. The van der Waals surface area contributed by atoms with Crippen LogP contribution in [-0.2, 0) is 33.2 Å². The van der Waals surface area contributed by atoms with E-state index in [2.05, 4.69) is 0 Å². The molecule has 2 rings (SSSR count). The maximum absolute atomic E-state index is 11.5. The molecule has 0 aromatic heterocycles. The molecule has 25 heavy (non-hydrogen) atoms. The minimum absolute atomic E-state index is 0.0126. The van der Waals surface area contributed by atoms with Gasteiger partial charge in [-0.1, -0.05) is 0 Å². The number of fused-ring (bicyclic) bond motifs is 1. The maximum atomic E-state index is 11.5. The number of allylic oxidation sites excluding steroid dienone is 1. The monoisotopic (exact) mass is 358 g/mol. The largest absolute Gasteiger partial charge is 0.468 e. The van der Waals surface area contributed by atoms with Gasteiger partial charge in [-0.2, -0.15) is 0 Å². The number of hydrogen-bond donors (Lipinski definition) is 1. The van der Waals surface area contributed by atoms with E-state index in [9.17, 15) is 9.90 Å². The number of rotatable bonds is 7. The number of carbonyl (C=O) groups excluding carboxylic acids is 1. The summed E-state index contributed by atoms with van der Waals surface area (Å²) in [4.78, 5) is 11.5. The predicted octanol–water partition coefficient (Wildman–Crippen LogP) is 0.890. The molecular weight excluding hydrogens is 332 g/mol. The molecule has 0 bridgehead atoms. The zero-order chi connectivity index (χ0) is 18.4. The van der Waals surface area contributed by atoms with Gasteiger partial charge in [0.05, 0.1) is 13.2 Å². The summed E-state index contributed by atoms with van der Waals surface area (Å²) in [5.74, 6) is -0.948. The van der Waals surface area contributed by atoms with Gasteiger partial charge >= 0.3 is 5.97 Å². The summed E-state index contributed by atoms with van der Waals surface area (Å²) in [5, 5.41) is 10.5. The van der Waals surface area contributed by atoms with E-state index in [4.69, 9.17) is 28.4 Å². The second-order valence-corrected chi connectivity index (χ2v) is 6.13. The normalized spacial score (nSPS) is 31.8. The van der Waals surface area contributed by atoms with Crippen LogP contribution in [0.5, 0.6) is 0 Å². The molecule has 0 aromatic rings. The number of hydrogen-bond acceptors (Lipinski definition) is 8. The van der Waals surface area contributed by atoms with Gasteiger partial charge in [-0.3, -0.25) is 0 Å². The van der Waals surface area contributed by atoms with E-state index in [1.165, 1.54) is 19.3 Å². The molecule has 0 spiro atoms. The fraction of sp³-hybridized carbons (Fsp3) is 0.706. The van der Waals surface area contributed by atoms with Crippen molar-refractivity contribution in [1.29, 1.82) is 0 Å². The first-order valence-electron chi connectivity index (χ1n) is 8.20. The van der Waals surface area contributed by atoms with Crippen molar-refractivity contribution in [2.75, 3.05) is 27.1 Å². The van der Waals surface area contributed by atoms with Crippen molar-refractivity contribution in [3.8, 4) is 0 Å². The lowest BCUT2D eigenvalue weighted by Gasteiger charge is -2.37. The van der Waals surface area contributed by atoms with E-state index < -0.39 is 30.1 Å². The molecule has 2 aliphatic heterocycles. The van der Waals surface area contributed by atoms with Crippen LogP contribution in [0, 0.1) is 0 Å². The van der Waals surface area contributed by atoms with Crippen molar-refractivity contribution < 1.29 is 38.3 Å². The number of ether oxygens (including phenoxy) is 6. The van der Waals surface area contributed by atoms with Crippen molar-refractivity contribution in [2.45, 2.75) is 51.0 Å². The van der Waals surface area contributed by atoms with Gasteiger partial charge in [-0.05, 0) is 32.9 Å². The van der Waals surface area contributed by atoms with Crippen LogP contribution in [0.2, 0.25) is 0 Å². The van der Waals surface area contributed by atoms with Gasteiger partial charge < -0.3 is 33.5 Å². The van der Waals surface area contributed by atoms with E-state index >= 15 is 0 Å². The molecule has 0 amide bonds. The number of aliphatic hydroxyl groups excluding tert-OH is 1. The van der Waals surface area contributed by atoms with Gasteiger partial charge in [0.1, 0.15) is 30.2 Å². The Balaban J connectivity index is 2.08. The predicted molar refractivity (Wildman–Crippen MR) is 86.4 cm³/mol. The second-order valence-electron chi connectivity index (χ2n) is 6.13. The van der Waals surface area contributed by atoms with Crippen molar-refractivity contribution in [2.24, 2.45) is 0 Å². The molecule has 2 heterocycles. The Morgan fingerprint density at radius 1 is 1.32 bits per heavy atom. The minimum atomic E-state index is -0.884. The molecule has 0 aliphatic carbocycles. The van der Waals surface area contributed by atoms with Crippen molar-refractivity contribution >= 4 is 5.97 Å². The van der Waals surface area contributed by atoms with E-state index in [0.717, 1.165) is 0 Å². The van der Waals surface area contributed by atoms with E-state index in [-0.39, 0.29) is 19.5 Å². The Morgan fingerprint density at radius 2 is 2.08 bits per heavy atom. The van der Waals surface area contributed by atoms with Gasteiger partial charge in [0.25, 0.3) is 0 Å². The summed E-state index contributed by atoms with van der Waals surface area (Å²) in [6.07, 6.45) is 1.84. The molecular formula is C17H26O8. The molecule has 142 valence electrons. The third kappa shape index (κ3) is 5.52. The molecule has 8 nitrogen and oxygen atoms in total. The SMILES string of the molecule is CCOC(=O)/C=C/C(=C\[C@@H]1O[C@@H]2COC(C)(C)O[C@@H]2[C@@H]1O)OCOC. The minimum Gasteiger partial charge on any atom is -0.468 e. The van der Waals surface area contributed by atoms with E-state index in [0.29, 0.717) is 12.4 Å². The molecule has 0 aromatic carbocycles. The van der Waals surface area contributed by atoms with Crippen LogP contribution in [-0.4, -0.2) is 68.4 Å². The summed E-state index contributed by atoms with van der Waals surface area (Å²) in [6.45, 7) is 5.88. The highest BCUT2D eigenvalue weighted by atomic mass is 16.7. The summed E-state index contributed by atoms with van der Waals surface area (Å²) in [5.41, 5.74) is 0. The lowest BCUT2D eigenvalue weighted by molar-refractivity contribution is -0.300. The molecule has 2 saturated heterocycles. The van der Waals surface area contributed by atoms with Crippen LogP contribution in [0.3, 0.4) is 0 Å². The Hall–Kier alpha value is -1.45. The van der Waals surface area contributed by atoms with Crippen molar-refractivity contribution in [3.05, 3.63) is 24.0 Å². The smallest absolute Gasteiger partial charge is 0.330 e. The van der Waals surface area contributed by atoms with Crippen LogP contribution in [0.1, 0.15) is 20.8 Å². The van der Waals surface area contributed by atoms with Gasteiger partial charge in [0.15, 0.2) is 12.6 Å². The number of carbonyl (C=O) groups is 1. The molecule has 2 fully saturated rings. The zero-order valence-electron chi connectivity index (χ0n) is 15.0. The molecule has 0 radical (unpaired) electrons. The first-order valence-corrected chi connectivity index (χ1v) is 8.20. The molecule has 0 saturated carbocycles. The Morgan fingerprint density at radius 3 is 2.76 bits per heavy atom. The molecule has 2 aliphatic rings. The van der Waals surface area contributed by atoms with Crippen LogP contribution < -0.4 is 0 Å². The topological polar surface area (TPSA) is 92.7 Å². The summed E-state index contributed by atoms with van der Waals surface area (Å²) in [6, 6.07) is 0. The number of methoxy groups -OCH3 is 1. The van der Waals surface area contributed by atoms with Crippen LogP contribution in [0.4, 0.5) is 0 Å². The first kappa shape index (κ1) is 19.9. The second kappa shape index (κ2) is 8.77. The van der Waals surface area contributed by atoms with Gasteiger partial charge in [0.2, 0.25) is 0 Å². The van der Waals surface area contributed by atoms with Gasteiger partial charge in [-0.25, -0.2) is 4.79 Å². The summed E-state index contributed by atoms with van der Waals surface area (Å²) < 4.78 is 32.2. The Kier molecular flexibility index (Phi) is 6.97. The standard InChI is InChI=1S/C17H26O8/c1-5-21-14(18)7-6-11(22-10-20-4)8-12-15(19)16-13(24-12)9-23-17(2,3)25-16/h6-8,12-13,15-16,19H,5,9-10H2,1-4H3/b7-6+,11-8+/t12-,13+,15+,16-/m0/s1. The average Bonchev–Trinajstić information content (AvgIpc) is 2.85. The van der Waals surface area contributed by atoms with Crippen LogP contribution in [0.15, 0.2) is 24.0 Å². The zero-order valence-corrected chi connectivity index (χ0v) is 15.0. The lowest BCUT2D eigenvalue weighted by Crippen LogP contribution is -2.50. The summed E-state index contributed by atoms with van der Waals surface area (Å²) in [7, 11) is 1.48. The highest BCUT2D eigenvalue weighted by Gasteiger charge is 2.49. The molecule has 1 N–H and O–H groups in total. The number of aliphatic hydroxyl groups is 1. The quantitative estimate of drug-likeness (QED) is 0.236. The van der Waals surface area contributed by atoms with Gasteiger partial charge in [0, 0.05) is 13.2 Å². The summed E-state index contributed by atoms with van der Waals surface area (Å²) >= 11 is 0. The van der Waals surface area contributed by atoms with Gasteiger partial charge in [-0.15, -0.1) is 0 Å². The van der Waals surface area contributed by atoms with E-state index in [1.807, 2.05) is 0 Å². The molecule has 0 unspecified atom stereocenters. The third-order valence-corrected chi connectivity index (χ3v) is 3.73. The molecule has 8 heteroatoms. The van der Waals surface area contributed by atoms with Crippen molar-refractivity contribution in [1.82, 2.24) is 0 Å². The lowest BCUT2D eigenvalue weighted by atomic mass is 10.1. The van der Waals surface area contributed by atoms with Crippen LogP contribution >= 0.6 is 0 Å².